The highest BCUT2D eigenvalue weighted by molar-refractivity contribution is 9.10. The minimum atomic E-state index is -0.473. The van der Waals surface area contributed by atoms with Crippen LogP contribution in [0.5, 0.6) is 5.75 Å². The summed E-state index contributed by atoms with van der Waals surface area (Å²) >= 11 is 9.18. The normalized spacial score (nSPS) is 11.0. The van der Waals surface area contributed by atoms with E-state index in [0.717, 1.165) is 5.56 Å². The van der Waals surface area contributed by atoms with Gasteiger partial charge < -0.3 is 9.63 Å². The van der Waals surface area contributed by atoms with E-state index in [4.69, 9.17) is 16.1 Å². The summed E-state index contributed by atoms with van der Waals surface area (Å²) in [5.41, 5.74) is 4.26. The molecule has 0 unspecified atom stereocenters. The number of benzene rings is 2. The van der Waals surface area contributed by atoms with E-state index in [1.165, 1.54) is 6.21 Å². The first kappa shape index (κ1) is 18.2. The molecule has 132 valence electrons. The average Bonchev–Trinajstić information content (AvgIpc) is 3.01. The maximum absolute atomic E-state index is 12.5. The monoisotopic (exact) mass is 433 g/mol. The smallest absolute Gasteiger partial charge is 0.277 e. The number of phenols is 1. The molecule has 0 saturated carbocycles. The number of carbonyl (C=O) groups excluding carboxylic acids is 1. The predicted molar refractivity (Wildman–Crippen MR) is 103 cm³/mol. The Bertz CT molecular complexity index is 987. The SMILES string of the molecule is Cc1onc(-c2ccccc2)c1C(=O)NN=Cc1cc(Br)cc(Cl)c1O. The van der Waals surface area contributed by atoms with Crippen LogP contribution in [0.3, 0.4) is 0 Å². The van der Waals surface area contributed by atoms with Crippen molar-refractivity contribution in [3.63, 3.8) is 0 Å². The standard InChI is InChI=1S/C18H13BrClN3O3/c1-10-15(16(23-26-10)11-5-3-2-4-6-11)18(25)22-21-9-12-7-13(19)8-14(20)17(12)24/h2-9,24H,1H3,(H,22,25). The zero-order valence-electron chi connectivity index (χ0n) is 13.5. The van der Waals surface area contributed by atoms with Crippen molar-refractivity contribution >= 4 is 39.7 Å². The molecule has 0 aliphatic rings. The minimum absolute atomic E-state index is 0.126. The lowest BCUT2D eigenvalue weighted by atomic mass is 10.1. The Labute approximate surface area is 162 Å². The zero-order chi connectivity index (χ0) is 18.7. The first-order valence-corrected chi connectivity index (χ1v) is 8.67. The predicted octanol–water partition coefficient (Wildman–Crippen LogP) is 4.54. The molecule has 1 heterocycles. The van der Waals surface area contributed by atoms with Crippen LogP contribution in [-0.2, 0) is 0 Å². The Kier molecular flexibility index (Phi) is 5.39. The van der Waals surface area contributed by atoms with E-state index < -0.39 is 5.91 Å². The number of phenolic OH excluding ortho intramolecular Hbond substituents is 1. The second kappa shape index (κ2) is 7.72. The van der Waals surface area contributed by atoms with Crippen molar-refractivity contribution in [2.24, 2.45) is 5.10 Å². The summed E-state index contributed by atoms with van der Waals surface area (Å²) in [4.78, 5) is 12.5. The van der Waals surface area contributed by atoms with Crippen LogP contribution in [-0.4, -0.2) is 22.4 Å². The van der Waals surface area contributed by atoms with Crippen LogP contribution in [0.2, 0.25) is 5.02 Å². The van der Waals surface area contributed by atoms with Gasteiger partial charge in [0.15, 0.2) is 0 Å². The fourth-order valence-corrected chi connectivity index (χ4v) is 3.17. The highest BCUT2D eigenvalue weighted by Crippen LogP contribution is 2.30. The van der Waals surface area contributed by atoms with Gasteiger partial charge in [0, 0.05) is 15.6 Å². The Hall–Kier alpha value is -2.64. The molecule has 0 aliphatic heterocycles. The molecule has 1 aromatic heterocycles. The van der Waals surface area contributed by atoms with Crippen LogP contribution in [0.25, 0.3) is 11.3 Å². The molecule has 2 aromatic carbocycles. The highest BCUT2D eigenvalue weighted by Gasteiger charge is 2.21. The third-order valence-corrected chi connectivity index (χ3v) is 4.31. The number of carbonyl (C=O) groups is 1. The number of nitrogens with zero attached hydrogens (tertiary/aromatic N) is 2. The van der Waals surface area contributed by atoms with Gasteiger partial charge in [-0.15, -0.1) is 0 Å². The first-order chi connectivity index (χ1) is 12.5. The molecule has 0 fully saturated rings. The van der Waals surface area contributed by atoms with Crippen LogP contribution in [0, 0.1) is 6.92 Å². The quantitative estimate of drug-likeness (QED) is 0.466. The number of aryl methyl sites for hydroxylation is 1. The summed E-state index contributed by atoms with van der Waals surface area (Å²) in [5, 5.41) is 17.9. The Balaban J connectivity index is 1.83. The summed E-state index contributed by atoms with van der Waals surface area (Å²) in [5.74, 6) is -0.219. The lowest BCUT2D eigenvalue weighted by Gasteiger charge is -2.03. The number of amides is 1. The van der Waals surface area contributed by atoms with E-state index in [-0.39, 0.29) is 10.8 Å². The van der Waals surface area contributed by atoms with Crippen molar-refractivity contribution < 1.29 is 14.4 Å². The van der Waals surface area contributed by atoms with Crippen molar-refractivity contribution in [1.82, 2.24) is 10.6 Å². The van der Waals surface area contributed by atoms with Crippen LogP contribution < -0.4 is 5.43 Å². The summed E-state index contributed by atoms with van der Waals surface area (Å²) < 4.78 is 5.84. The van der Waals surface area contributed by atoms with E-state index in [9.17, 15) is 9.90 Å². The fourth-order valence-electron chi connectivity index (χ4n) is 2.33. The summed E-state index contributed by atoms with van der Waals surface area (Å²) in [6.07, 6.45) is 1.30. The first-order valence-electron chi connectivity index (χ1n) is 7.50. The maximum Gasteiger partial charge on any atom is 0.277 e. The second-order valence-corrected chi connectivity index (χ2v) is 6.68. The molecule has 3 rings (SSSR count). The van der Waals surface area contributed by atoms with Gasteiger partial charge in [-0.3, -0.25) is 4.79 Å². The summed E-state index contributed by atoms with van der Waals surface area (Å²) in [6.45, 7) is 1.65. The van der Waals surface area contributed by atoms with Crippen molar-refractivity contribution in [1.29, 1.82) is 0 Å². The van der Waals surface area contributed by atoms with E-state index >= 15 is 0 Å². The molecule has 26 heavy (non-hydrogen) atoms. The van der Waals surface area contributed by atoms with Gasteiger partial charge >= 0.3 is 0 Å². The van der Waals surface area contributed by atoms with E-state index in [1.54, 1.807) is 19.1 Å². The molecule has 3 aromatic rings. The van der Waals surface area contributed by atoms with Crippen molar-refractivity contribution in [3.8, 4) is 17.0 Å². The average molecular weight is 435 g/mol. The molecule has 0 bridgehead atoms. The van der Waals surface area contributed by atoms with Gasteiger partial charge in [0.25, 0.3) is 5.91 Å². The summed E-state index contributed by atoms with van der Waals surface area (Å²) in [7, 11) is 0. The third-order valence-electron chi connectivity index (χ3n) is 3.56. The van der Waals surface area contributed by atoms with Crippen LogP contribution in [0.1, 0.15) is 21.7 Å². The van der Waals surface area contributed by atoms with Gasteiger partial charge in [0.1, 0.15) is 22.8 Å². The number of nitrogens with one attached hydrogen (secondary N) is 1. The van der Waals surface area contributed by atoms with Gasteiger partial charge in [-0.25, -0.2) is 5.43 Å². The molecular weight excluding hydrogens is 422 g/mol. The third kappa shape index (κ3) is 3.79. The Morgan fingerprint density at radius 1 is 1.35 bits per heavy atom. The molecule has 6 nitrogen and oxygen atoms in total. The molecular formula is C18H13BrClN3O3. The number of aromatic hydroxyl groups is 1. The molecule has 0 atom stereocenters. The molecule has 0 spiro atoms. The lowest BCUT2D eigenvalue weighted by molar-refractivity contribution is 0.0954. The molecule has 8 heteroatoms. The van der Waals surface area contributed by atoms with Gasteiger partial charge in [0.05, 0.1) is 11.2 Å². The number of halogens is 2. The Morgan fingerprint density at radius 3 is 2.81 bits per heavy atom. The van der Waals surface area contributed by atoms with E-state index in [1.807, 2.05) is 30.3 Å². The van der Waals surface area contributed by atoms with E-state index in [2.05, 4.69) is 31.6 Å². The van der Waals surface area contributed by atoms with Crippen molar-refractivity contribution in [3.05, 3.63) is 68.8 Å². The molecule has 2 N–H and O–H groups in total. The van der Waals surface area contributed by atoms with E-state index in [0.29, 0.717) is 27.1 Å². The maximum atomic E-state index is 12.5. The molecule has 1 amide bonds. The van der Waals surface area contributed by atoms with Gasteiger partial charge in [-0.1, -0.05) is 63.0 Å². The second-order valence-electron chi connectivity index (χ2n) is 5.35. The number of hydrogen-bond acceptors (Lipinski definition) is 5. The molecule has 0 radical (unpaired) electrons. The highest BCUT2D eigenvalue weighted by atomic mass is 79.9. The van der Waals surface area contributed by atoms with Gasteiger partial charge in [-0.05, 0) is 19.1 Å². The number of hydrogen-bond donors (Lipinski definition) is 2. The van der Waals surface area contributed by atoms with Crippen LogP contribution >= 0.6 is 27.5 Å². The fraction of sp³-hybridized carbons (Fsp3) is 0.0556. The Morgan fingerprint density at radius 2 is 2.08 bits per heavy atom. The largest absolute Gasteiger partial charge is 0.506 e. The number of hydrazone groups is 1. The number of rotatable bonds is 4. The molecule has 0 aliphatic carbocycles. The van der Waals surface area contributed by atoms with Crippen LogP contribution in [0.4, 0.5) is 0 Å². The van der Waals surface area contributed by atoms with Gasteiger partial charge in [-0.2, -0.15) is 5.10 Å². The minimum Gasteiger partial charge on any atom is -0.506 e. The topological polar surface area (TPSA) is 87.7 Å². The molecule has 0 saturated heterocycles. The zero-order valence-corrected chi connectivity index (χ0v) is 15.9. The summed E-state index contributed by atoms with van der Waals surface area (Å²) in [6, 6.07) is 12.4. The lowest BCUT2D eigenvalue weighted by Crippen LogP contribution is -2.18. The van der Waals surface area contributed by atoms with Crippen molar-refractivity contribution in [2.75, 3.05) is 0 Å². The number of aromatic nitrogens is 1. The van der Waals surface area contributed by atoms with Gasteiger partial charge in [0.2, 0.25) is 0 Å². The van der Waals surface area contributed by atoms with Crippen molar-refractivity contribution in [2.45, 2.75) is 6.92 Å². The van der Waals surface area contributed by atoms with Crippen LogP contribution in [0.15, 0.2) is 56.6 Å².